The smallest absolute Gasteiger partial charge is 0.317 e. The lowest BCUT2D eigenvalue weighted by molar-refractivity contribution is -0.385. The number of carboxylic acid groups (broad SMARTS) is 4. The predicted octanol–water partition coefficient (Wildman–Crippen LogP) is -0.757. The summed E-state index contributed by atoms with van der Waals surface area (Å²) in [5, 5.41) is 57.3. The van der Waals surface area contributed by atoms with Crippen LogP contribution in [0.2, 0.25) is 0 Å². The van der Waals surface area contributed by atoms with Crippen molar-refractivity contribution in [2.45, 2.75) is 13.1 Å². The van der Waals surface area contributed by atoms with Crippen LogP contribution in [0.15, 0.2) is 12.1 Å². The molecule has 1 aromatic carbocycles. The number of benzene rings is 1. The van der Waals surface area contributed by atoms with Crippen LogP contribution in [-0.2, 0) is 32.3 Å². The molecule has 0 aliphatic heterocycles. The summed E-state index contributed by atoms with van der Waals surface area (Å²) >= 11 is 0. The SMILES string of the molecule is O=C(O)CN(CC(=O)O)Cc1cc([N+](=O)[O-])cc(CN(CC(=O)O)CC(=O)O)c1O. The van der Waals surface area contributed by atoms with E-state index in [2.05, 4.69) is 0 Å². The van der Waals surface area contributed by atoms with Gasteiger partial charge in [0.2, 0.25) is 0 Å². The quantitative estimate of drug-likeness (QED) is 0.192. The molecule has 14 heteroatoms. The number of aromatic hydroxyl groups is 1. The minimum absolute atomic E-state index is 0.174. The van der Waals surface area contributed by atoms with Gasteiger partial charge in [0.25, 0.3) is 5.69 Å². The molecule has 0 aliphatic rings. The lowest BCUT2D eigenvalue weighted by atomic mass is 10.1. The molecule has 1 rings (SSSR count). The monoisotopic (exact) mass is 429 g/mol. The molecule has 0 aromatic heterocycles. The predicted molar refractivity (Wildman–Crippen MR) is 95.9 cm³/mol. The topological polar surface area (TPSA) is 219 Å². The van der Waals surface area contributed by atoms with Crippen molar-refractivity contribution < 1.29 is 49.6 Å². The van der Waals surface area contributed by atoms with Crippen LogP contribution in [-0.4, -0.2) is 90.3 Å². The zero-order chi connectivity index (χ0) is 23.0. The van der Waals surface area contributed by atoms with Crippen molar-refractivity contribution in [3.05, 3.63) is 33.4 Å². The third-order valence-corrected chi connectivity index (χ3v) is 3.69. The van der Waals surface area contributed by atoms with E-state index in [9.17, 15) is 34.4 Å². The first-order valence-electron chi connectivity index (χ1n) is 8.20. The summed E-state index contributed by atoms with van der Waals surface area (Å²) in [5.41, 5.74) is -0.881. The van der Waals surface area contributed by atoms with Crippen LogP contribution < -0.4 is 0 Å². The van der Waals surface area contributed by atoms with Crippen molar-refractivity contribution in [3.8, 4) is 5.75 Å². The van der Waals surface area contributed by atoms with Crippen molar-refractivity contribution in [2.75, 3.05) is 26.2 Å². The molecule has 14 nitrogen and oxygen atoms in total. The van der Waals surface area contributed by atoms with Crippen LogP contribution in [0.1, 0.15) is 11.1 Å². The van der Waals surface area contributed by atoms with Crippen molar-refractivity contribution in [1.82, 2.24) is 9.80 Å². The minimum atomic E-state index is -1.37. The Balaban J connectivity index is 3.33. The highest BCUT2D eigenvalue weighted by molar-refractivity contribution is 5.73. The molecule has 0 heterocycles. The fraction of sp³-hybridized carbons (Fsp3) is 0.375. The number of hydrogen-bond donors (Lipinski definition) is 5. The Labute approximate surface area is 168 Å². The Kier molecular flexibility index (Phi) is 8.64. The van der Waals surface area contributed by atoms with Crippen LogP contribution >= 0.6 is 0 Å². The molecule has 5 N–H and O–H groups in total. The van der Waals surface area contributed by atoms with E-state index in [0.29, 0.717) is 0 Å². The number of rotatable bonds is 13. The molecule has 0 amide bonds. The summed E-state index contributed by atoms with van der Waals surface area (Å²) in [6.45, 7) is -3.86. The van der Waals surface area contributed by atoms with Gasteiger partial charge in [-0.05, 0) is 0 Å². The van der Waals surface area contributed by atoms with Gasteiger partial charge in [-0.1, -0.05) is 0 Å². The maximum absolute atomic E-state index is 11.2. The molecule has 0 unspecified atom stereocenters. The van der Waals surface area contributed by atoms with Crippen molar-refractivity contribution in [3.63, 3.8) is 0 Å². The first-order valence-corrected chi connectivity index (χ1v) is 8.20. The molecule has 164 valence electrons. The summed E-state index contributed by atoms with van der Waals surface area (Å²) in [7, 11) is 0. The Morgan fingerprint density at radius 3 is 1.30 bits per heavy atom. The van der Waals surface area contributed by atoms with Crippen LogP contribution in [0.3, 0.4) is 0 Å². The average molecular weight is 429 g/mol. The average Bonchev–Trinajstić information content (AvgIpc) is 2.55. The second kappa shape index (κ2) is 10.7. The zero-order valence-electron chi connectivity index (χ0n) is 15.4. The number of phenolic OH excluding ortho intramolecular Hbond substituents is 1. The second-order valence-corrected chi connectivity index (χ2v) is 6.24. The Bertz CT molecular complexity index is 764. The first kappa shape index (κ1) is 24.3. The molecule has 0 bridgehead atoms. The third kappa shape index (κ3) is 8.07. The number of hydrogen-bond acceptors (Lipinski definition) is 9. The Hall–Kier alpha value is -3.78. The number of nitro groups is 1. The number of carboxylic acids is 4. The number of aliphatic carboxylic acids is 4. The van der Waals surface area contributed by atoms with Gasteiger partial charge in [-0.2, -0.15) is 0 Å². The van der Waals surface area contributed by atoms with Crippen LogP contribution in [0.25, 0.3) is 0 Å². The number of phenols is 1. The minimum Gasteiger partial charge on any atom is -0.507 e. The van der Waals surface area contributed by atoms with Gasteiger partial charge in [-0.15, -0.1) is 0 Å². The molecule has 0 fully saturated rings. The molecular weight excluding hydrogens is 410 g/mol. The van der Waals surface area contributed by atoms with Gasteiger partial charge in [0, 0.05) is 36.3 Å². The van der Waals surface area contributed by atoms with E-state index in [4.69, 9.17) is 20.4 Å². The van der Waals surface area contributed by atoms with E-state index in [0.717, 1.165) is 21.9 Å². The van der Waals surface area contributed by atoms with Gasteiger partial charge in [0.05, 0.1) is 31.1 Å². The van der Waals surface area contributed by atoms with Gasteiger partial charge in [0.1, 0.15) is 5.75 Å². The zero-order valence-corrected chi connectivity index (χ0v) is 15.4. The lowest BCUT2D eigenvalue weighted by Crippen LogP contribution is -2.34. The maximum atomic E-state index is 11.2. The number of nitro benzene ring substituents is 1. The highest BCUT2D eigenvalue weighted by atomic mass is 16.6. The summed E-state index contributed by atoms with van der Waals surface area (Å²) in [6, 6.07) is 1.85. The van der Waals surface area contributed by atoms with Gasteiger partial charge < -0.3 is 25.5 Å². The number of non-ortho nitro benzene ring substituents is 1. The molecule has 0 saturated carbocycles. The maximum Gasteiger partial charge on any atom is 0.317 e. The van der Waals surface area contributed by atoms with Crippen molar-refractivity contribution >= 4 is 29.6 Å². The van der Waals surface area contributed by atoms with Gasteiger partial charge in [-0.3, -0.25) is 39.1 Å². The first-order chi connectivity index (χ1) is 13.9. The molecule has 1 aromatic rings. The number of nitrogens with zero attached hydrogens (tertiary/aromatic N) is 3. The largest absolute Gasteiger partial charge is 0.507 e. The fourth-order valence-electron chi connectivity index (χ4n) is 2.67. The molecule has 0 spiro atoms. The highest BCUT2D eigenvalue weighted by Gasteiger charge is 2.23. The van der Waals surface area contributed by atoms with Gasteiger partial charge in [0.15, 0.2) is 0 Å². The van der Waals surface area contributed by atoms with E-state index < -0.39 is 79.5 Å². The lowest BCUT2D eigenvalue weighted by Gasteiger charge is -2.22. The summed E-state index contributed by atoms with van der Waals surface area (Å²) in [4.78, 5) is 56.0. The van der Waals surface area contributed by atoms with E-state index in [1.807, 2.05) is 0 Å². The fourth-order valence-corrected chi connectivity index (χ4v) is 2.67. The van der Waals surface area contributed by atoms with Crippen LogP contribution in [0, 0.1) is 10.1 Å². The molecule has 0 saturated heterocycles. The van der Waals surface area contributed by atoms with Crippen LogP contribution in [0.5, 0.6) is 5.75 Å². The van der Waals surface area contributed by atoms with Crippen molar-refractivity contribution in [1.29, 1.82) is 0 Å². The van der Waals surface area contributed by atoms with Gasteiger partial charge in [-0.25, -0.2) is 0 Å². The normalized spacial score (nSPS) is 10.9. The van der Waals surface area contributed by atoms with E-state index in [1.165, 1.54) is 0 Å². The second-order valence-electron chi connectivity index (χ2n) is 6.24. The summed E-state index contributed by atoms with van der Waals surface area (Å²) in [5.74, 6) is -6.03. The van der Waals surface area contributed by atoms with E-state index in [1.54, 1.807) is 0 Å². The Morgan fingerprint density at radius 1 is 0.767 bits per heavy atom. The van der Waals surface area contributed by atoms with E-state index >= 15 is 0 Å². The summed E-state index contributed by atoms with van der Waals surface area (Å²) < 4.78 is 0. The molecule has 0 aliphatic carbocycles. The third-order valence-electron chi connectivity index (χ3n) is 3.69. The molecule has 30 heavy (non-hydrogen) atoms. The summed E-state index contributed by atoms with van der Waals surface area (Å²) in [6.07, 6.45) is 0. The number of carbonyl (C=O) groups is 4. The molecule has 0 atom stereocenters. The Morgan fingerprint density at radius 2 is 1.07 bits per heavy atom. The van der Waals surface area contributed by atoms with Crippen LogP contribution in [0.4, 0.5) is 5.69 Å². The molecular formula is C16H19N3O11. The van der Waals surface area contributed by atoms with Crippen molar-refractivity contribution in [2.24, 2.45) is 0 Å². The highest BCUT2D eigenvalue weighted by Crippen LogP contribution is 2.30. The molecule has 0 radical (unpaired) electrons. The van der Waals surface area contributed by atoms with Gasteiger partial charge >= 0.3 is 23.9 Å². The standard InChI is InChI=1S/C16H19N3O11/c20-12(21)5-17(6-13(22)23)3-9-1-11(19(29)30)2-10(16(9)28)4-18(7-14(24)25)8-15(26)27/h1-2,28H,3-8H2,(H,20,21)(H,22,23)(H,24,25)(H,26,27). The van der Waals surface area contributed by atoms with E-state index in [-0.39, 0.29) is 11.1 Å².